The second-order valence-electron chi connectivity index (χ2n) is 4.46. The summed E-state index contributed by atoms with van der Waals surface area (Å²) in [5.41, 5.74) is 1.14. The third-order valence-electron chi connectivity index (χ3n) is 2.79. The van der Waals surface area contributed by atoms with Gasteiger partial charge in [-0.05, 0) is 24.6 Å². The number of carbonyl (C=O) groups is 1. The molecule has 0 atom stereocenters. The van der Waals surface area contributed by atoms with Gasteiger partial charge in [-0.2, -0.15) is 0 Å². The zero-order valence-electron chi connectivity index (χ0n) is 10.7. The molecule has 0 fully saturated rings. The van der Waals surface area contributed by atoms with Crippen LogP contribution in [0.4, 0.5) is 0 Å². The SMILES string of the molecule is CC(=O)CCNCc1ccc2c(c1)OCCCO2. The number of benzene rings is 1. The first-order chi connectivity index (χ1) is 8.75. The van der Waals surface area contributed by atoms with Crippen LogP contribution in [0.1, 0.15) is 25.3 Å². The van der Waals surface area contributed by atoms with E-state index in [0.29, 0.717) is 26.2 Å². The summed E-state index contributed by atoms with van der Waals surface area (Å²) in [6.45, 7) is 4.47. The van der Waals surface area contributed by atoms with Crippen molar-refractivity contribution in [1.82, 2.24) is 5.32 Å². The standard InChI is InChI=1S/C14H19NO3/c1-11(16)5-6-15-10-12-3-4-13-14(9-12)18-8-2-7-17-13/h3-4,9,15H,2,5-8,10H2,1H3. The summed E-state index contributed by atoms with van der Waals surface area (Å²) in [5, 5.41) is 3.24. The molecule has 0 saturated heterocycles. The number of Topliss-reactive ketones (excluding diaryl/α,β-unsaturated/α-hetero) is 1. The lowest BCUT2D eigenvalue weighted by molar-refractivity contribution is -0.116. The highest BCUT2D eigenvalue weighted by Crippen LogP contribution is 2.30. The lowest BCUT2D eigenvalue weighted by Crippen LogP contribution is -2.16. The molecule has 0 aliphatic carbocycles. The molecule has 4 heteroatoms. The zero-order chi connectivity index (χ0) is 12.8. The first-order valence-corrected chi connectivity index (χ1v) is 6.34. The van der Waals surface area contributed by atoms with Gasteiger partial charge in [0.1, 0.15) is 5.78 Å². The van der Waals surface area contributed by atoms with Crippen molar-refractivity contribution in [3.05, 3.63) is 23.8 Å². The van der Waals surface area contributed by atoms with Crippen molar-refractivity contribution in [2.75, 3.05) is 19.8 Å². The molecule has 0 aromatic heterocycles. The number of ether oxygens (including phenoxy) is 2. The molecule has 0 unspecified atom stereocenters. The molecule has 1 N–H and O–H groups in total. The van der Waals surface area contributed by atoms with Crippen LogP contribution in [0.5, 0.6) is 11.5 Å². The maximum atomic E-state index is 10.8. The fraction of sp³-hybridized carbons (Fsp3) is 0.500. The Balaban J connectivity index is 1.89. The minimum absolute atomic E-state index is 0.209. The third kappa shape index (κ3) is 3.74. The molecule has 0 saturated carbocycles. The highest BCUT2D eigenvalue weighted by atomic mass is 16.5. The van der Waals surface area contributed by atoms with Gasteiger partial charge in [-0.1, -0.05) is 6.07 Å². The minimum atomic E-state index is 0.209. The molecule has 18 heavy (non-hydrogen) atoms. The van der Waals surface area contributed by atoms with E-state index >= 15 is 0 Å². The van der Waals surface area contributed by atoms with Crippen molar-refractivity contribution in [2.45, 2.75) is 26.3 Å². The average molecular weight is 249 g/mol. The Labute approximate surface area is 107 Å². The average Bonchev–Trinajstić information content (AvgIpc) is 2.59. The normalized spacial score (nSPS) is 14.1. The Morgan fingerprint density at radius 2 is 2.06 bits per heavy atom. The summed E-state index contributed by atoms with van der Waals surface area (Å²) in [4.78, 5) is 10.8. The number of fused-ring (bicyclic) bond motifs is 1. The largest absolute Gasteiger partial charge is 0.490 e. The van der Waals surface area contributed by atoms with Crippen molar-refractivity contribution in [3.63, 3.8) is 0 Å². The van der Waals surface area contributed by atoms with Gasteiger partial charge in [-0.3, -0.25) is 4.79 Å². The summed E-state index contributed by atoms with van der Waals surface area (Å²) < 4.78 is 11.2. The van der Waals surface area contributed by atoms with Crippen molar-refractivity contribution < 1.29 is 14.3 Å². The molecule has 2 rings (SSSR count). The van der Waals surface area contributed by atoms with E-state index in [1.165, 1.54) is 0 Å². The lowest BCUT2D eigenvalue weighted by atomic mass is 10.2. The summed E-state index contributed by atoms with van der Waals surface area (Å²) in [5.74, 6) is 1.85. The van der Waals surface area contributed by atoms with Crippen LogP contribution in [0.15, 0.2) is 18.2 Å². The van der Waals surface area contributed by atoms with Gasteiger partial charge in [0.2, 0.25) is 0 Å². The first kappa shape index (κ1) is 12.9. The zero-order valence-corrected chi connectivity index (χ0v) is 10.7. The van der Waals surface area contributed by atoms with Crippen molar-refractivity contribution in [2.24, 2.45) is 0 Å². The van der Waals surface area contributed by atoms with Crippen LogP contribution < -0.4 is 14.8 Å². The predicted octanol–water partition coefficient (Wildman–Crippen LogP) is 1.92. The fourth-order valence-electron chi connectivity index (χ4n) is 1.81. The summed E-state index contributed by atoms with van der Waals surface area (Å²) in [6, 6.07) is 5.97. The maximum Gasteiger partial charge on any atom is 0.161 e. The van der Waals surface area contributed by atoms with Gasteiger partial charge in [0.25, 0.3) is 0 Å². The molecular formula is C14H19NO3. The van der Waals surface area contributed by atoms with Gasteiger partial charge >= 0.3 is 0 Å². The van der Waals surface area contributed by atoms with Crippen LogP contribution in [0.2, 0.25) is 0 Å². The van der Waals surface area contributed by atoms with E-state index in [1.54, 1.807) is 6.92 Å². The summed E-state index contributed by atoms with van der Waals surface area (Å²) >= 11 is 0. The molecule has 1 heterocycles. The van der Waals surface area contributed by atoms with E-state index < -0.39 is 0 Å². The van der Waals surface area contributed by atoms with Crippen LogP contribution in [-0.4, -0.2) is 25.5 Å². The molecule has 4 nitrogen and oxygen atoms in total. The molecule has 1 aromatic rings. The van der Waals surface area contributed by atoms with Gasteiger partial charge in [0, 0.05) is 25.9 Å². The van der Waals surface area contributed by atoms with Gasteiger partial charge < -0.3 is 14.8 Å². The molecule has 0 radical (unpaired) electrons. The summed E-state index contributed by atoms with van der Waals surface area (Å²) in [7, 11) is 0. The number of ketones is 1. The Morgan fingerprint density at radius 1 is 1.28 bits per heavy atom. The van der Waals surface area contributed by atoms with Crippen molar-refractivity contribution in [3.8, 4) is 11.5 Å². The third-order valence-corrected chi connectivity index (χ3v) is 2.79. The molecular weight excluding hydrogens is 230 g/mol. The second kappa shape index (κ2) is 6.40. The van der Waals surface area contributed by atoms with Crippen molar-refractivity contribution >= 4 is 5.78 Å². The van der Waals surface area contributed by atoms with E-state index in [0.717, 1.165) is 30.0 Å². The molecule has 1 aliphatic rings. The highest BCUT2D eigenvalue weighted by molar-refractivity contribution is 5.75. The highest BCUT2D eigenvalue weighted by Gasteiger charge is 2.10. The van der Waals surface area contributed by atoms with Crippen LogP contribution in [-0.2, 0) is 11.3 Å². The van der Waals surface area contributed by atoms with Gasteiger partial charge in [0.05, 0.1) is 13.2 Å². The minimum Gasteiger partial charge on any atom is -0.490 e. The number of rotatable bonds is 5. The number of carbonyl (C=O) groups excluding carboxylic acids is 1. The van der Waals surface area contributed by atoms with Crippen LogP contribution in [0.3, 0.4) is 0 Å². The summed E-state index contributed by atoms with van der Waals surface area (Å²) in [6.07, 6.45) is 1.49. The van der Waals surface area contributed by atoms with Crippen molar-refractivity contribution in [1.29, 1.82) is 0 Å². The Hall–Kier alpha value is -1.55. The Bertz CT molecular complexity index is 418. The molecule has 1 aromatic carbocycles. The van der Waals surface area contributed by atoms with Crippen LogP contribution >= 0.6 is 0 Å². The monoisotopic (exact) mass is 249 g/mol. The van der Waals surface area contributed by atoms with E-state index in [4.69, 9.17) is 9.47 Å². The molecule has 0 spiro atoms. The van der Waals surface area contributed by atoms with E-state index in [2.05, 4.69) is 5.32 Å². The number of hydrogen-bond donors (Lipinski definition) is 1. The van der Waals surface area contributed by atoms with Gasteiger partial charge in [-0.15, -0.1) is 0 Å². The van der Waals surface area contributed by atoms with Crippen LogP contribution in [0, 0.1) is 0 Å². The van der Waals surface area contributed by atoms with E-state index in [1.807, 2.05) is 18.2 Å². The molecule has 1 aliphatic heterocycles. The lowest BCUT2D eigenvalue weighted by Gasteiger charge is -2.09. The number of hydrogen-bond acceptors (Lipinski definition) is 4. The molecule has 0 bridgehead atoms. The predicted molar refractivity (Wildman–Crippen MR) is 69.1 cm³/mol. The topological polar surface area (TPSA) is 47.6 Å². The Kier molecular flexibility index (Phi) is 4.59. The quantitative estimate of drug-likeness (QED) is 0.810. The fourth-order valence-corrected chi connectivity index (χ4v) is 1.81. The van der Waals surface area contributed by atoms with Gasteiger partial charge in [-0.25, -0.2) is 0 Å². The molecule has 98 valence electrons. The van der Waals surface area contributed by atoms with E-state index in [9.17, 15) is 4.79 Å². The Morgan fingerprint density at radius 3 is 2.83 bits per heavy atom. The van der Waals surface area contributed by atoms with Crippen LogP contribution in [0.25, 0.3) is 0 Å². The first-order valence-electron chi connectivity index (χ1n) is 6.34. The van der Waals surface area contributed by atoms with E-state index in [-0.39, 0.29) is 5.78 Å². The maximum absolute atomic E-state index is 10.8. The molecule has 0 amide bonds. The number of nitrogens with one attached hydrogen (secondary N) is 1. The smallest absolute Gasteiger partial charge is 0.161 e. The second-order valence-corrected chi connectivity index (χ2v) is 4.46. The van der Waals surface area contributed by atoms with Gasteiger partial charge in [0.15, 0.2) is 11.5 Å².